The van der Waals surface area contributed by atoms with Crippen LogP contribution in [-0.2, 0) is 0 Å². The molecule has 0 radical (unpaired) electrons. The largest absolute Gasteiger partial charge is 0.308 e. The number of benzene rings is 1. The summed E-state index contributed by atoms with van der Waals surface area (Å²) in [6.07, 6.45) is 3.87. The highest BCUT2D eigenvalue weighted by molar-refractivity contribution is 5.27. The topological polar surface area (TPSA) is 15.3 Å². The van der Waals surface area contributed by atoms with Crippen molar-refractivity contribution in [3.63, 3.8) is 0 Å². The molecule has 2 rings (SSSR count). The molecule has 1 N–H and O–H groups in total. The molecule has 2 nitrogen and oxygen atoms in total. The number of nitrogens with zero attached hydrogens (tertiary/aromatic N) is 1. The quantitative estimate of drug-likeness (QED) is 0.846. The van der Waals surface area contributed by atoms with Gasteiger partial charge in [-0.3, -0.25) is 4.90 Å². The van der Waals surface area contributed by atoms with Crippen LogP contribution in [0.4, 0.5) is 0 Å². The Morgan fingerprint density at radius 2 is 1.95 bits per heavy atom. The van der Waals surface area contributed by atoms with Gasteiger partial charge < -0.3 is 5.32 Å². The molecule has 0 amide bonds. The third-order valence-electron chi connectivity index (χ3n) is 4.60. The standard InChI is InChI=1S/C18H30N2/c1-5-11-19-17(16-10-8-9-15(2)14-16)18(3,4)20-12-6-7-13-20/h8-10,14,17,19H,5-7,11-13H2,1-4H3. The van der Waals surface area contributed by atoms with E-state index in [4.69, 9.17) is 0 Å². The van der Waals surface area contributed by atoms with E-state index in [1.54, 1.807) is 0 Å². The first-order chi connectivity index (χ1) is 9.55. The normalized spacial score (nSPS) is 18.4. The van der Waals surface area contributed by atoms with Gasteiger partial charge in [0.15, 0.2) is 0 Å². The zero-order valence-electron chi connectivity index (χ0n) is 13.6. The summed E-state index contributed by atoms with van der Waals surface area (Å²) in [7, 11) is 0. The van der Waals surface area contributed by atoms with Crippen molar-refractivity contribution in [3.05, 3.63) is 35.4 Å². The van der Waals surface area contributed by atoms with Gasteiger partial charge in [-0.2, -0.15) is 0 Å². The molecule has 1 aromatic carbocycles. The Labute approximate surface area is 124 Å². The summed E-state index contributed by atoms with van der Waals surface area (Å²) in [5, 5.41) is 3.79. The second kappa shape index (κ2) is 6.73. The molecule has 1 aliphatic rings. The Morgan fingerprint density at radius 1 is 1.25 bits per heavy atom. The van der Waals surface area contributed by atoms with Crippen molar-refractivity contribution < 1.29 is 0 Å². The Kier molecular flexibility index (Phi) is 5.22. The van der Waals surface area contributed by atoms with E-state index in [9.17, 15) is 0 Å². The number of likely N-dealkylation sites (tertiary alicyclic amines) is 1. The van der Waals surface area contributed by atoms with Crippen LogP contribution in [0.1, 0.15) is 57.2 Å². The highest BCUT2D eigenvalue weighted by atomic mass is 15.2. The summed E-state index contributed by atoms with van der Waals surface area (Å²) in [5.41, 5.74) is 2.94. The van der Waals surface area contributed by atoms with Crippen LogP contribution < -0.4 is 5.32 Å². The number of nitrogens with one attached hydrogen (secondary N) is 1. The van der Waals surface area contributed by atoms with E-state index in [1.165, 1.54) is 43.5 Å². The zero-order valence-corrected chi connectivity index (χ0v) is 13.6. The minimum Gasteiger partial charge on any atom is -0.308 e. The number of hydrogen-bond donors (Lipinski definition) is 1. The predicted octanol–water partition coefficient (Wildman–Crippen LogP) is 3.91. The number of hydrogen-bond acceptors (Lipinski definition) is 2. The van der Waals surface area contributed by atoms with E-state index in [0.717, 1.165) is 6.54 Å². The van der Waals surface area contributed by atoms with Crippen LogP contribution in [0.25, 0.3) is 0 Å². The van der Waals surface area contributed by atoms with Gasteiger partial charge in [0.25, 0.3) is 0 Å². The van der Waals surface area contributed by atoms with E-state index in [-0.39, 0.29) is 5.54 Å². The molecular formula is C18H30N2. The van der Waals surface area contributed by atoms with Crippen molar-refractivity contribution in [1.29, 1.82) is 0 Å². The monoisotopic (exact) mass is 274 g/mol. The fourth-order valence-electron chi connectivity index (χ4n) is 3.39. The first kappa shape index (κ1) is 15.5. The Hall–Kier alpha value is -0.860. The molecule has 0 saturated carbocycles. The fourth-order valence-corrected chi connectivity index (χ4v) is 3.39. The lowest BCUT2D eigenvalue weighted by Gasteiger charge is -2.43. The molecule has 1 aliphatic heterocycles. The third kappa shape index (κ3) is 3.42. The van der Waals surface area contributed by atoms with Crippen LogP contribution in [-0.4, -0.2) is 30.1 Å². The molecule has 1 heterocycles. The van der Waals surface area contributed by atoms with E-state index >= 15 is 0 Å². The molecule has 1 aromatic rings. The Balaban J connectivity index is 2.26. The minimum absolute atomic E-state index is 0.166. The van der Waals surface area contributed by atoms with Crippen LogP contribution in [0.15, 0.2) is 24.3 Å². The van der Waals surface area contributed by atoms with E-state index in [2.05, 4.69) is 62.2 Å². The first-order valence-electron chi connectivity index (χ1n) is 8.10. The van der Waals surface area contributed by atoms with Crippen molar-refractivity contribution in [2.75, 3.05) is 19.6 Å². The molecule has 1 unspecified atom stereocenters. The average Bonchev–Trinajstić information content (AvgIpc) is 2.93. The summed E-state index contributed by atoms with van der Waals surface area (Å²) in [6, 6.07) is 9.39. The van der Waals surface area contributed by atoms with E-state index < -0.39 is 0 Å². The summed E-state index contributed by atoms with van der Waals surface area (Å²) in [6.45, 7) is 12.8. The number of aryl methyl sites for hydroxylation is 1. The van der Waals surface area contributed by atoms with Gasteiger partial charge in [0, 0.05) is 5.54 Å². The Morgan fingerprint density at radius 3 is 2.55 bits per heavy atom. The molecule has 0 aliphatic carbocycles. The van der Waals surface area contributed by atoms with Gasteiger partial charge in [-0.25, -0.2) is 0 Å². The van der Waals surface area contributed by atoms with Gasteiger partial charge >= 0.3 is 0 Å². The van der Waals surface area contributed by atoms with Gasteiger partial charge in [0.1, 0.15) is 0 Å². The van der Waals surface area contributed by atoms with Gasteiger partial charge in [0.2, 0.25) is 0 Å². The highest BCUT2D eigenvalue weighted by Gasteiger charge is 2.37. The molecule has 1 fully saturated rings. The highest BCUT2D eigenvalue weighted by Crippen LogP contribution is 2.33. The van der Waals surface area contributed by atoms with Crippen molar-refractivity contribution >= 4 is 0 Å². The molecule has 0 bridgehead atoms. The van der Waals surface area contributed by atoms with Gasteiger partial charge in [-0.1, -0.05) is 36.8 Å². The molecule has 1 atom stereocenters. The lowest BCUT2D eigenvalue weighted by molar-refractivity contribution is 0.107. The molecule has 0 aromatic heterocycles. The lowest BCUT2D eigenvalue weighted by Crippen LogP contribution is -2.51. The molecule has 2 heteroatoms. The smallest absolute Gasteiger partial charge is 0.0501 e. The summed E-state index contributed by atoms with van der Waals surface area (Å²) in [5.74, 6) is 0. The SMILES string of the molecule is CCCNC(c1cccc(C)c1)C(C)(C)N1CCCC1. The second-order valence-electron chi connectivity index (χ2n) is 6.65. The molecule has 20 heavy (non-hydrogen) atoms. The third-order valence-corrected chi connectivity index (χ3v) is 4.60. The lowest BCUT2D eigenvalue weighted by atomic mass is 9.86. The molecule has 1 saturated heterocycles. The van der Waals surface area contributed by atoms with Crippen LogP contribution in [0.2, 0.25) is 0 Å². The van der Waals surface area contributed by atoms with Gasteiger partial charge in [-0.05, 0) is 65.2 Å². The number of rotatable bonds is 6. The van der Waals surface area contributed by atoms with Crippen LogP contribution in [0.3, 0.4) is 0 Å². The fraction of sp³-hybridized carbons (Fsp3) is 0.667. The zero-order chi connectivity index (χ0) is 14.6. The van der Waals surface area contributed by atoms with Crippen LogP contribution >= 0.6 is 0 Å². The molecule has 0 spiro atoms. The average molecular weight is 274 g/mol. The maximum atomic E-state index is 3.79. The maximum Gasteiger partial charge on any atom is 0.0501 e. The predicted molar refractivity (Wildman–Crippen MR) is 87.1 cm³/mol. The first-order valence-corrected chi connectivity index (χ1v) is 8.10. The molecular weight excluding hydrogens is 244 g/mol. The maximum absolute atomic E-state index is 3.79. The summed E-state index contributed by atoms with van der Waals surface area (Å²) >= 11 is 0. The minimum atomic E-state index is 0.166. The summed E-state index contributed by atoms with van der Waals surface area (Å²) < 4.78 is 0. The van der Waals surface area contributed by atoms with Crippen molar-refractivity contribution in [3.8, 4) is 0 Å². The van der Waals surface area contributed by atoms with Gasteiger partial charge in [-0.15, -0.1) is 0 Å². The van der Waals surface area contributed by atoms with Crippen LogP contribution in [0, 0.1) is 6.92 Å². The van der Waals surface area contributed by atoms with Gasteiger partial charge in [0.05, 0.1) is 6.04 Å². The van der Waals surface area contributed by atoms with Crippen molar-refractivity contribution in [2.45, 2.75) is 58.5 Å². The Bertz CT molecular complexity index is 419. The van der Waals surface area contributed by atoms with E-state index in [1.807, 2.05) is 0 Å². The molecule has 112 valence electrons. The van der Waals surface area contributed by atoms with E-state index in [0.29, 0.717) is 6.04 Å². The van der Waals surface area contributed by atoms with Crippen molar-refractivity contribution in [2.24, 2.45) is 0 Å². The van der Waals surface area contributed by atoms with Crippen molar-refractivity contribution in [1.82, 2.24) is 10.2 Å². The summed E-state index contributed by atoms with van der Waals surface area (Å²) in [4.78, 5) is 2.66. The second-order valence-corrected chi connectivity index (χ2v) is 6.65. The van der Waals surface area contributed by atoms with Crippen LogP contribution in [0.5, 0.6) is 0 Å².